The molecule has 7 heteroatoms. The summed E-state index contributed by atoms with van der Waals surface area (Å²) in [5.74, 6) is 1.45. The molecular weight excluding hydrogens is 371 g/mol. The maximum atomic E-state index is 12.5. The molecule has 0 unspecified atom stereocenters. The van der Waals surface area contributed by atoms with Gasteiger partial charge in [-0.3, -0.25) is 4.79 Å². The first-order chi connectivity index (χ1) is 11.6. The average molecular weight is 399 g/mol. The molecule has 2 atom stereocenters. The number of nitrogens with zero attached hydrogens (tertiary/aromatic N) is 1. The molecule has 2 saturated carbocycles. The first-order valence-corrected chi connectivity index (χ1v) is 8.92. The Morgan fingerprint density at radius 3 is 2.73 bits per heavy atom. The van der Waals surface area contributed by atoms with Crippen molar-refractivity contribution in [1.82, 2.24) is 21.1 Å². The van der Waals surface area contributed by atoms with Gasteiger partial charge in [-0.15, -0.1) is 24.8 Å². The molecule has 0 spiro atoms. The van der Waals surface area contributed by atoms with Crippen LogP contribution in [0.2, 0.25) is 0 Å². The van der Waals surface area contributed by atoms with E-state index in [1.165, 1.54) is 30.4 Å². The predicted molar refractivity (Wildman–Crippen MR) is 109 cm³/mol. The van der Waals surface area contributed by atoms with Gasteiger partial charge in [0.05, 0.1) is 12.2 Å². The minimum absolute atomic E-state index is 0. The molecule has 1 heterocycles. The monoisotopic (exact) mass is 398 g/mol. The molecule has 5 nitrogen and oxygen atoms in total. The number of carbonyl (C=O) groups is 1. The van der Waals surface area contributed by atoms with E-state index in [1.54, 1.807) is 0 Å². The van der Waals surface area contributed by atoms with Crippen molar-refractivity contribution in [2.75, 3.05) is 20.1 Å². The van der Waals surface area contributed by atoms with E-state index >= 15 is 0 Å². The Morgan fingerprint density at radius 2 is 2.08 bits per heavy atom. The quantitative estimate of drug-likeness (QED) is 0.689. The molecule has 2 aliphatic carbocycles. The van der Waals surface area contributed by atoms with Crippen molar-refractivity contribution in [3.8, 4) is 0 Å². The van der Waals surface area contributed by atoms with Crippen LogP contribution in [0.25, 0.3) is 0 Å². The Bertz CT molecular complexity index is 690. The molecule has 0 radical (unpaired) electrons. The third-order valence-electron chi connectivity index (χ3n) is 5.24. The van der Waals surface area contributed by atoms with Gasteiger partial charge >= 0.3 is 0 Å². The largest absolute Gasteiger partial charge is 0.323 e. The summed E-state index contributed by atoms with van der Waals surface area (Å²) in [6, 6.07) is 6.68. The van der Waals surface area contributed by atoms with Gasteiger partial charge in [0.2, 0.25) is 0 Å². The maximum absolute atomic E-state index is 12.5. The molecule has 0 bridgehead atoms. The summed E-state index contributed by atoms with van der Waals surface area (Å²) < 4.78 is 0. The zero-order chi connectivity index (χ0) is 16.7. The summed E-state index contributed by atoms with van der Waals surface area (Å²) in [6.07, 6.45) is 5.88. The van der Waals surface area contributed by atoms with Gasteiger partial charge in [-0.25, -0.2) is 5.43 Å². The second kappa shape index (κ2) is 8.61. The lowest BCUT2D eigenvalue weighted by Gasteiger charge is -2.10. The highest BCUT2D eigenvalue weighted by Crippen LogP contribution is 2.43. The molecule has 3 N–H and O–H groups in total. The van der Waals surface area contributed by atoms with Gasteiger partial charge in [0.15, 0.2) is 0 Å². The Labute approximate surface area is 167 Å². The molecule has 144 valence electrons. The molecule has 26 heavy (non-hydrogen) atoms. The van der Waals surface area contributed by atoms with Crippen LogP contribution in [0, 0.1) is 12.8 Å². The van der Waals surface area contributed by atoms with E-state index in [9.17, 15) is 4.79 Å². The van der Waals surface area contributed by atoms with Crippen LogP contribution in [0.15, 0.2) is 30.1 Å². The number of carbonyl (C=O) groups excluding carboxylic acids is 1. The van der Waals surface area contributed by atoms with Crippen molar-refractivity contribution in [1.29, 1.82) is 0 Å². The second-order valence-electron chi connectivity index (χ2n) is 7.43. The molecule has 1 aromatic carbocycles. The summed E-state index contributed by atoms with van der Waals surface area (Å²) in [7, 11) is 1.92. The van der Waals surface area contributed by atoms with E-state index in [0.717, 1.165) is 23.7 Å². The average Bonchev–Trinajstić information content (AvgIpc) is 3.46. The molecule has 3 aliphatic rings. The van der Waals surface area contributed by atoms with Crippen LogP contribution in [0.1, 0.15) is 46.7 Å². The Morgan fingerprint density at radius 1 is 1.31 bits per heavy atom. The molecule has 4 rings (SSSR count). The van der Waals surface area contributed by atoms with E-state index in [-0.39, 0.29) is 30.7 Å². The first-order valence-electron chi connectivity index (χ1n) is 8.92. The molecule has 2 fully saturated rings. The third kappa shape index (κ3) is 4.92. The number of nitrogens with one attached hydrogen (secondary N) is 3. The number of hydrogen-bond donors (Lipinski definition) is 3. The molecule has 0 aromatic heterocycles. The number of hydrogen-bond acceptors (Lipinski definition) is 4. The van der Waals surface area contributed by atoms with Crippen molar-refractivity contribution in [2.45, 2.75) is 38.1 Å². The Balaban J connectivity index is 0.00000121. The Hall–Kier alpha value is -1.27. The van der Waals surface area contributed by atoms with Crippen molar-refractivity contribution in [3.05, 3.63) is 46.8 Å². The van der Waals surface area contributed by atoms with Gasteiger partial charge in [0, 0.05) is 30.8 Å². The zero-order valence-electron chi connectivity index (χ0n) is 15.2. The van der Waals surface area contributed by atoms with Gasteiger partial charge in [0.25, 0.3) is 5.91 Å². The van der Waals surface area contributed by atoms with Crippen LogP contribution < -0.4 is 16.1 Å². The minimum atomic E-state index is -0.0252. The predicted octanol–water partition coefficient (Wildman–Crippen LogP) is 2.72. The van der Waals surface area contributed by atoms with Gasteiger partial charge in [-0.2, -0.15) is 0 Å². The molecule has 1 amide bonds. The van der Waals surface area contributed by atoms with Crippen molar-refractivity contribution >= 4 is 30.7 Å². The van der Waals surface area contributed by atoms with Crippen molar-refractivity contribution in [3.63, 3.8) is 0 Å². The van der Waals surface area contributed by atoms with E-state index in [2.05, 4.69) is 35.1 Å². The smallest absolute Gasteiger partial charge is 0.255 e. The number of amides is 1. The fourth-order valence-corrected chi connectivity index (χ4v) is 3.41. The first kappa shape index (κ1) is 21.0. The lowest BCUT2D eigenvalue weighted by atomic mass is 10.0. The minimum Gasteiger partial charge on any atom is -0.323 e. The molecule has 1 aliphatic heterocycles. The molecule has 0 saturated heterocycles. The van der Waals surface area contributed by atoms with E-state index < -0.39 is 0 Å². The third-order valence-corrected chi connectivity index (χ3v) is 5.24. The van der Waals surface area contributed by atoms with Crippen LogP contribution >= 0.6 is 24.8 Å². The normalized spacial score (nSPS) is 23.6. The number of aryl methyl sites for hydroxylation is 1. The number of halogens is 2. The number of rotatable bonds is 6. The van der Waals surface area contributed by atoms with Gasteiger partial charge < -0.3 is 15.6 Å². The zero-order valence-corrected chi connectivity index (χ0v) is 16.9. The van der Waals surface area contributed by atoms with Crippen LogP contribution in [-0.2, 0) is 0 Å². The van der Waals surface area contributed by atoms with Crippen LogP contribution in [-0.4, -0.2) is 37.1 Å². The fourth-order valence-electron chi connectivity index (χ4n) is 3.41. The van der Waals surface area contributed by atoms with E-state index in [4.69, 9.17) is 0 Å². The highest BCUT2D eigenvalue weighted by atomic mass is 35.5. The fraction of sp³-hybridized carbons (Fsp3) is 0.526. The molecular formula is C19H28Cl2N4O. The maximum Gasteiger partial charge on any atom is 0.255 e. The topological polar surface area (TPSA) is 56.4 Å². The van der Waals surface area contributed by atoms with Gasteiger partial charge in [-0.05, 0) is 61.9 Å². The van der Waals surface area contributed by atoms with Crippen LogP contribution in [0.4, 0.5) is 0 Å². The summed E-state index contributed by atoms with van der Waals surface area (Å²) in [5, 5.41) is 8.53. The van der Waals surface area contributed by atoms with E-state index in [0.29, 0.717) is 18.5 Å². The lowest BCUT2D eigenvalue weighted by Crippen LogP contribution is -2.27. The van der Waals surface area contributed by atoms with Crippen LogP contribution in [0.3, 0.4) is 0 Å². The van der Waals surface area contributed by atoms with Crippen LogP contribution in [0.5, 0.6) is 0 Å². The number of benzene rings is 1. The summed E-state index contributed by atoms with van der Waals surface area (Å²) in [6.45, 7) is 3.97. The highest BCUT2D eigenvalue weighted by molar-refractivity contribution is 5.95. The lowest BCUT2D eigenvalue weighted by molar-refractivity contribution is 0.0965. The SMILES string of the molecule is Cc1ccc(C(=O)NC2=CN(C)NC2)cc1[C@@H]1C[C@H]1NCC1CC1.Cl.Cl. The summed E-state index contributed by atoms with van der Waals surface area (Å²) in [5.41, 5.74) is 7.39. The van der Waals surface area contributed by atoms with E-state index in [1.807, 2.05) is 24.3 Å². The summed E-state index contributed by atoms with van der Waals surface area (Å²) >= 11 is 0. The standard InChI is InChI=1S/C19H26N4O.2ClH/c1-12-3-6-14(19(24)22-15-10-21-23(2)11-15)7-16(12)17-8-18(17)20-9-13-4-5-13;;/h3,6-7,11,13,17-18,20-21H,4-5,8-10H2,1-2H3,(H,22,24);2*1H/t17-,18+;;/m0../s1. The number of hydrazine groups is 1. The highest BCUT2D eigenvalue weighted by Gasteiger charge is 2.40. The van der Waals surface area contributed by atoms with Crippen molar-refractivity contribution < 1.29 is 4.79 Å². The van der Waals surface area contributed by atoms with Gasteiger partial charge in [0.1, 0.15) is 0 Å². The second-order valence-corrected chi connectivity index (χ2v) is 7.43. The van der Waals surface area contributed by atoms with Crippen molar-refractivity contribution in [2.24, 2.45) is 5.92 Å². The molecule has 1 aromatic rings. The Kier molecular flexibility index (Phi) is 6.97. The summed E-state index contributed by atoms with van der Waals surface area (Å²) in [4.78, 5) is 12.5. The van der Waals surface area contributed by atoms with Gasteiger partial charge in [-0.1, -0.05) is 6.07 Å².